The van der Waals surface area contributed by atoms with Gasteiger partial charge >= 0.3 is 0 Å². The normalized spacial score (nSPS) is 23.4. The van der Waals surface area contributed by atoms with Gasteiger partial charge in [-0.1, -0.05) is 0 Å². The van der Waals surface area contributed by atoms with Crippen molar-refractivity contribution < 1.29 is 4.74 Å². The second-order valence-electron chi connectivity index (χ2n) is 7.11. The topological polar surface area (TPSA) is 56.2 Å². The third-order valence-electron chi connectivity index (χ3n) is 5.43. The summed E-state index contributed by atoms with van der Waals surface area (Å²) in [6.07, 6.45) is 5.05. The summed E-state index contributed by atoms with van der Waals surface area (Å²) in [4.78, 5) is 13.8. The molecule has 1 aliphatic carbocycles. The molecule has 2 aromatic rings. The minimum Gasteiger partial charge on any atom is -0.376 e. The first-order valence-corrected chi connectivity index (χ1v) is 10.0. The van der Waals surface area contributed by atoms with Gasteiger partial charge < -0.3 is 10.1 Å². The number of rotatable bonds is 4. The van der Waals surface area contributed by atoms with Gasteiger partial charge in [0.1, 0.15) is 0 Å². The van der Waals surface area contributed by atoms with Crippen LogP contribution in [0.1, 0.15) is 53.4 Å². The van der Waals surface area contributed by atoms with Crippen molar-refractivity contribution >= 4 is 11.3 Å². The van der Waals surface area contributed by atoms with Crippen molar-refractivity contribution in [2.45, 2.75) is 64.3 Å². The summed E-state index contributed by atoms with van der Waals surface area (Å²) in [7, 11) is 0. The average Bonchev–Trinajstić information content (AvgIpc) is 3.05. The molecule has 0 bridgehead atoms. The molecular formula is C19H25N3O2S. The predicted octanol–water partition coefficient (Wildman–Crippen LogP) is 2.96. The van der Waals surface area contributed by atoms with E-state index in [4.69, 9.17) is 4.74 Å². The molecule has 0 unspecified atom stereocenters. The molecule has 3 heterocycles. The first-order valence-electron chi connectivity index (χ1n) is 9.16. The molecule has 0 atom stereocenters. The zero-order valence-corrected chi connectivity index (χ0v) is 15.5. The molecule has 0 aromatic carbocycles. The molecule has 5 nitrogen and oxygen atoms in total. The van der Waals surface area contributed by atoms with Crippen LogP contribution in [0.5, 0.6) is 0 Å². The standard InChI is InChI=1S/C19H25N3O2S/c1-13-7-9-25-18(13)11-20-15-2-4-16(5-3-15)22-19(23)10-14-12-24-8-6-17(14)21-22/h7,9-10,15-16,20H,2-6,8,11-12H2,1H3. The number of nitrogens with one attached hydrogen (secondary N) is 1. The highest BCUT2D eigenvalue weighted by Crippen LogP contribution is 2.28. The van der Waals surface area contributed by atoms with Crippen LogP contribution >= 0.6 is 11.3 Å². The number of hydrogen-bond acceptors (Lipinski definition) is 5. The van der Waals surface area contributed by atoms with Crippen LogP contribution in [-0.4, -0.2) is 22.4 Å². The molecule has 1 N–H and O–H groups in total. The molecule has 1 saturated carbocycles. The Bertz CT molecular complexity index is 790. The Morgan fingerprint density at radius 1 is 1.36 bits per heavy atom. The molecular weight excluding hydrogens is 334 g/mol. The van der Waals surface area contributed by atoms with E-state index in [2.05, 4.69) is 28.8 Å². The highest BCUT2D eigenvalue weighted by molar-refractivity contribution is 7.10. The average molecular weight is 359 g/mol. The third kappa shape index (κ3) is 3.71. The Morgan fingerprint density at radius 3 is 2.96 bits per heavy atom. The Labute approximate surface area is 152 Å². The van der Waals surface area contributed by atoms with E-state index < -0.39 is 0 Å². The van der Waals surface area contributed by atoms with Crippen molar-refractivity contribution in [3.63, 3.8) is 0 Å². The summed E-state index contributed by atoms with van der Waals surface area (Å²) in [5.74, 6) is 0. The second-order valence-corrected chi connectivity index (χ2v) is 8.12. The van der Waals surface area contributed by atoms with Gasteiger partial charge in [-0.3, -0.25) is 4.79 Å². The smallest absolute Gasteiger partial charge is 0.267 e. The van der Waals surface area contributed by atoms with Crippen molar-refractivity contribution in [2.24, 2.45) is 0 Å². The quantitative estimate of drug-likeness (QED) is 0.912. The molecule has 0 spiro atoms. The van der Waals surface area contributed by atoms with E-state index in [1.807, 2.05) is 11.3 Å². The van der Waals surface area contributed by atoms with Crippen molar-refractivity contribution in [1.82, 2.24) is 15.1 Å². The summed E-state index contributed by atoms with van der Waals surface area (Å²) in [5, 5.41) is 10.5. The lowest BCUT2D eigenvalue weighted by Gasteiger charge is -2.30. The molecule has 25 heavy (non-hydrogen) atoms. The van der Waals surface area contributed by atoms with Gasteiger partial charge in [-0.15, -0.1) is 11.3 Å². The van der Waals surface area contributed by atoms with Crippen LogP contribution in [0, 0.1) is 6.92 Å². The van der Waals surface area contributed by atoms with Crippen LogP contribution in [0.2, 0.25) is 0 Å². The molecule has 6 heteroatoms. The lowest BCUT2D eigenvalue weighted by atomic mass is 9.91. The number of aryl methyl sites for hydroxylation is 1. The lowest BCUT2D eigenvalue weighted by Crippen LogP contribution is -2.37. The van der Waals surface area contributed by atoms with Crippen LogP contribution in [-0.2, 0) is 24.3 Å². The number of nitrogens with zero attached hydrogens (tertiary/aromatic N) is 2. The fourth-order valence-electron chi connectivity index (χ4n) is 3.84. The molecule has 0 saturated heterocycles. The number of hydrogen-bond donors (Lipinski definition) is 1. The van der Waals surface area contributed by atoms with E-state index in [1.54, 1.807) is 10.7 Å². The second kappa shape index (κ2) is 7.40. The third-order valence-corrected chi connectivity index (χ3v) is 6.45. The molecule has 0 radical (unpaired) electrons. The van der Waals surface area contributed by atoms with Crippen molar-refractivity contribution in [1.29, 1.82) is 0 Å². The maximum absolute atomic E-state index is 12.4. The van der Waals surface area contributed by atoms with E-state index in [9.17, 15) is 4.79 Å². The van der Waals surface area contributed by atoms with Gasteiger partial charge in [0.2, 0.25) is 0 Å². The lowest BCUT2D eigenvalue weighted by molar-refractivity contribution is 0.107. The van der Waals surface area contributed by atoms with Gasteiger partial charge in [-0.05, 0) is 49.6 Å². The number of thiophene rings is 1. The minimum atomic E-state index is 0.0230. The first-order chi connectivity index (χ1) is 12.2. The summed E-state index contributed by atoms with van der Waals surface area (Å²) in [6, 6.07) is 4.69. The highest BCUT2D eigenvalue weighted by Gasteiger charge is 2.25. The molecule has 134 valence electrons. The van der Waals surface area contributed by atoms with E-state index in [0.29, 0.717) is 19.3 Å². The zero-order valence-electron chi connectivity index (χ0n) is 14.7. The van der Waals surface area contributed by atoms with Crippen molar-refractivity contribution in [2.75, 3.05) is 6.61 Å². The molecule has 1 fully saturated rings. The Kier molecular flexibility index (Phi) is 5.01. The molecule has 2 aromatic heterocycles. The van der Waals surface area contributed by atoms with E-state index in [0.717, 1.165) is 49.9 Å². The van der Waals surface area contributed by atoms with E-state index in [1.165, 1.54) is 10.4 Å². The Morgan fingerprint density at radius 2 is 2.20 bits per heavy atom. The fourth-order valence-corrected chi connectivity index (χ4v) is 4.69. The summed E-state index contributed by atoms with van der Waals surface area (Å²) < 4.78 is 7.16. The first kappa shape index (κ1) is 16.9. The van der Waals surface area contributed by atoms with Crippen LogP contribution in [0.4, 0.5) is 0 Å². The van der Waals surface area contributed by atoms with Gasteiger partial charge in [0.25, 0.3) is 5.56 Å². The molecule has 1 aliphatic heterocycles. The number of ether oxygens (including phenoxy) is 1. The van der Waals surface area contributed by atoms with Crippen LogP contribution < -0.4 is 10.9 Å². The Hall–Kier alpha value is -1.50. The predicted molar refractivity (Wildman–Crippen MR) is 99.0 cm³/mol. The fraction of sp³-hybridized carbons (Fsp3) is 0.579. The van der Waals surface area contributed by atoms with Crippen LogP contribution in [0.15, 0.2) is 22.3 Å². The van der Waals surface area contributed by atoms with E-state index in [-0.39, 0.29) is 11.6 Å². The SMILES string of the molecule is Cc1ccsc1CNC1CCC(n2nc3c(cc2=O)COCC3)CC1. The number of fused-ring (bicyclic) bond motifs is 1. The summed E-state index contributed by atoms with van der Waals surface area (Å²) in [5.41, 5.74) is 3.41. The monoisotopic (exact) mass is 359 g/mol. The van der Waals surface area contributed by atoms with Gasteiger partial charge in [0.15, 0.2) is 0 Å². The van der Waals surface area contributed by atoms with Gasteiger partial charge in [-0.2, -0.15) is 5.10 Å². The Balaban J connectivity index is 1.37. The zero-order chi connectivity index (χ0) is 17.2. The largest absolute Gasteiger partial charge is 0.376 e. The van der Waals surface area contributed by atoms with Gasteiger partial charge in [0, 0.05) is 35.5 Å². The van der Waals surface area contributed by atoms with Gasteiger partial charge in [-0.25, -0.2) is 4.68 Å². The highest BCUT2D eigenvalue weighted by atomic mass is 32.1. The minimum absolute atomic E-state index is 0.0230. The van der Waals surface area contributed by atoms with Crippen molar-refractivity contribution in [3.05, 3.63) is 49.6 Å². The van der Waals surface area contributed by atoms with Gasteiger partial charge in [0.05, 0.1) is 24.9 Å². The van der Waals surface area contributed by atoms with Crippen LogP contribution in [0.3, 0.4) is 0 Å². The van der Waals surface area contributed by atoms with Crippen molar-refractivity contribution in [3.8, 4) is 0 Å². The summed E-state index contributed by atoms with van der Waals surface area (Å²) in [6.45, 7) is 4.35. The van der Waals surface area contributed by atoms with E-state index >= 15 is 0 Å². The maximum atomic E-state index is 12.4. The molecule has 4 rings (SSSR count). The number of aromatic nitrogens is 2. The maximum Gasteiger partial charge on any atom is 0.267 e. The van der Waals surface area contributed by atoms with Crippen LogP contribution in [0.25, 0.3) is 0 Å². The molecule has 0 amide bonds. The summed E-state index contributed by atoms with van der Waals surface area (Å²) >= 11 is 1.82. The molecule has 2 aliphatic rings.